The van der Waals surface area contributed by atoms with Crippen molar-refractivity contribution in [3.63, 3.8) is 0 Å². The third-order valence-corrected chi connectivity index (χ3v) is 4.46. The van der Waals surface area contributed by atoms with Crippen molar-refractivity contribution in [3.05, 3.63) is 47.5 Å². The van der Waals surface area contributed by atoms with Gasteiger partial charge in [-0.1, -0.05) is 45.4 Å². The molecule has 0 aromatic heterocycles. The Balaban J connectivity index is 1.87. The molecule has 0 aliphatic rings. The highest BCUT2D eigenvalue weighted by Gasteiger charge is 2.18. The molecule has 5 nitrogen and oxygen atoms in total. The Bertz CT molecular complexity index is 754. The number of aromatic hydroxyl groups is 3. The van der Waals surface area contributed by atoms with Gasteiger partial charge in [-0.2, -0.15) is 0 Å². The Morgan fingerprint density at radius 1 is 0.815 bits per heavy atom. The highest BCUT2D eigenvalue weighted by Crippen LogP contribution is 2.30. The summed E-state index contributed by atoms with van der Waals surface area (Å²) >= 11 is 0. The van der Waals surface area contributed by atoms with E-state index < -0.39 is 5.78 Å². The number of ketones is 1. The largest absolute Gasteiger partial charge is 0.508 e. The van der Waals surface area contributed by atoms with E-state index in [-0.39, 0.29) is 28.4 Å². The van der Waals surface area contributed by atoms with E-state index in [9.17, 15) is 20.1 Å². The number of carbonyl (C=O) groups is 1. The van der Waals surface area contributed by atoms with E-state index in [4.69, 9.17) is 4.74 Å². The molecule has 27 heavy (non-hydrogen) atoms. The molecule has 2 rings (SSSR count). The molecular formula is C22H28O5. The summed E-state index contributed by atoms with van der Waals surface area (Å²) in [5.41, 5.74) is 0.0825. The predicted octanol–water partition coefficient (Wildman–Crippen LogP) is 5.16. The number of rotatable bonds is 11. The first-order valence-electron chi connectivity index (χ1n) is 9.55. The van der Waals surface area contributed by atoms with Crippen LogP contribution in [0.4, 0.5) is 0 Å². The number of hydrogen-bond acceptors (Lipinski definition) is 5. The van der Waals surface area contributed by atoms with Crippen LogP contribution in [-0.4, -0.2) is 27.7 Å². The van der Waals surface area contributed by atoms with Crippen LogP contribution in [0, 0.1) is 0 Å². The van der Waals surface area contributed by atoms with Crippen molar-refractivity contribution >= 4 is 5.78 Å². The van der Waals surface area contributed by atoms with Gasteiger partial charge in [-0.3, -0.25) is 4.79 Å². The lowest BCUT2D eigenvalue weighted by Crippen LogP contribution is -2.03. The van der Waals surface area contributed by atoms with Crippen LogP contribution in [-0.2, 0) is 0 Å². The highest BCUT2D eigenvalue weighted by atomic mass is 16.5. The van der Waals surface area contributed by atoms with Crippen LogP contribution in [0.15, 0.2) is 36.4 Å². The fraction of sp³-hybridized carbons (Fsp3) is 0.409. The zero-order chi connectivity index (χ0) is 19.6. The summed E-state index contributed by atoms with van der Waals surface area (Å²) in [6.45, 7) is 2.77. The van der Waals surface area contributed by atoms with E-state index in [0.29, 0.717) is 12.4 Å². The molecule has 0 unspecified atom stereocenters. The average molecular weight is 372 g/mol. The second-order valence-corrected chi connectivity index (χ2v) is 6.68. The predicted molar refractivity (Wildman–Crippen MR) is 105 cm³/mol. The molecule has 0 amide bonds. The number of phenolic OH excluding ortho intramolecular Hbond substituents is 3. The Morgan fingerprint density at radius 2 is 1.41 bits per heavy atom. The van der Waals surface area contributed by atoms with Crippen molar-refractivity contribution in [1.82, 2.24) is 0 Å². The van der Waals surface area contributed by atoms with Gasteiger partial charge in [-0.15, -0.1) is 0 Å². The Kier molecular flexibility index (Phi) is 7.99. The maximum absolute atomic E-state index is 12.5. The number of phenols is 3. The molecule has 0 saturated carbocycles. The smallest absolute Gasteiger partial charge is 0.200 e. The number of carbonyl (C=O) groups excluding carboxylic acids is 1. The Morgan fingerprint density at radius 3 is 2.04 bits per heavy atom. The monoisotopic (exact) mass is 372 g/mol. The second kappa shape index (κ2) is 10.5. The lowest BCUT2D eigenvalue weighted by atomic mass is 10.0. The second-order valence-electron chi connectivity index (χ2n) is 6.68. The van der Waals surface area contributed by atoms with Gasteiger partial charge in [0.1, 0.15) is 23.0 Å². The summed E-state index contributed by atoms with van der Waals surface area (Å²) in [5.74, 6) is -0.695. The Labute approximate surface area is 160 Å². The SMILES string of the molecule is CCCCCCCCCOc1ccc(C(=O)c2ccc(O)cc2O)c(O)c1. The lowest BCUT2D eigenvalue weighted by molar-refractivity contribution is 0.103. The van der Waals surface area contributed by atoms with Crippen molar-refractivity contribution < 1.29 is 24.9 Å². The topological polar surface area (TPSA) is 87.0 Å². The molecule has 146 valence electrons. The van der Waals surface area contributed by atoms with E-state index in [0.717, 1.165) is 18.9 Å². The zero-order valence-corrected chi connectivity index (χ0v) is 15.8. The molecule has 0 spiro atoms. The molecule has 0 aliphatic heterocycles. The third kappa shape index (κ3) is 6.20. The van der Waals surface area contributed by atoms with Crippen molar-refractivity contribution in [1.29, 1.82) is 0 Å². The molecule has 0 heterocycles. The zero-order valence-electron chi connectivity index (χ0n) is 15.8. The maximum atomic E-state index is 12.5. The molecule has 0 saturated heterocycles. The fourth-order valence-corrected chi connectivity index (χ4v) is 2.90. The van der Waals surface area contributed by atoms with Gasteiger partial charge in [0.25, 0.3) is 0 Å². The van der Waals surface area contributed by atoms with Gasteiger partial charge < -0.3 is 20.1 Å². The summed E-state index contributed by atoms with van der Waals surface area (Å²) in [6.07, 6.45) is 8.37. The number of benzene rings is 2. The van der Waals surface area contributed by atoms with E-state index in [1.807, 2.05) is 0 Å². The number of hydrogen-bond donors (Lipinski definition) is 3. The van der Waals surface area contributed by atoms with Gasteiger partial charge in [0, 0.05) is 12.1 Å². The van der Waals surface area contributed by atoms with Crippen molar-refractivity contribution in [2.24, 2.45) is 0 Å². The van der Waals surface area contributed by atoms with Crippen molar-refractivity contribution in [2.75, 3.05) is 6.61 Å². The van der Waals surface area contributed by atoms with Crippen molar-refractivity contribution in [3.8, 4) is 23.0 Å². The van der Waals surface area contributed by atoms with Crippen LogP contribution in [0.1, 0.15) is 67.8 Å². The summed E-state index contributed by atoms with van der Waals surface area (Å²) in [7, 11) is 0. The maximum Gasteiger partial charge on any atom is 0.200 e. The van der Waals surface area contributed by atoms with E-state index in [1.54, 1.807) is 6.07 Å². The first kappa shape index (κ1) is 20.6. The summed E-state index contributed by atoms with van der Waals surface area (Å²) < 4.78 is 5.64. The first-order chi connectivity index (χ1) is 13.0. The molecule has 0 aliphatic carbocycles. The van der Waals surface area contributed by atoms with Gasteiger partial charge in [0.15, 0.2) is 5.78 Å². The van der Waals surface area contributed by atoms with E-state index in [2.05, 4.69) is 6.92 Å². The van der Waals surface area contributed by atoms with Gasteiger partial charge in [-0.05, 0) is 30.7 Å². The molecular weight excluding hydrogens is 344 g/mol. The molecule has 2 aromatic carbocycles. The van der Waals surface area contributed by atoms with Gasteiger partial charge in [0.05, 0.1) is 17.7 Å². The number of unbranched alkanes of at least 4 members (excludes halogenated alkanes) is 6. The average Bonchev–Trinajstić information content (AvgIpc) is 2.63. The first-order valence-corrected chi connectivity index (χ1v) is 9.55. The molecule has 0 atom stereocenters. The standard InChI is InChI=1S/C22H28O5/c1-2-3-4-5-6-7-8-13-27-17-10-12-19(21(25)15-17)22(26)18-11-9-16(23)14-20(18)24/h9-12,14-15,23-25H,2-8,13H2,1H3. The molecule has 0 fully saturated rings. The van der Waals surface area contributed by atoms with Crippen LogP contribution in [0.3, 0.4) is 0 Å². The minimum atomic E-state index is -0.524. The van der Waals surface area contributed by atoms with E-state index in [1.165, 1.54) is 56.4 Å². The van der Waals surface area contributed by atoms with Gasteiger partial charge >= 0.3 is 0 Å². The summed E-state index contributed by atoms with van der Waals surface area (Å²) in [4.78, 5) is 12.5. The minimum Gasteiger partial charge on any atom is -0.508 e. The minimum absolute atomic E-state index is 0.0137. The molecule has 2 aromatic rings. The van der Waals surface area contributed by atoms with Crippen LogP contribution in [0.2, 0.25) is 0 Å². The third-order valence-electron chi connectivity index (χ3n) is 4.46. The fourth-order valence-electron chi connectivity index (χ4n) is 2.90. The molecule has 0 bridgehead atoms. The molecule has 3 N–H and O–H groups in total. The molecule has 5 heteroatoms. The van der Waals surface area contributed by atoms with Crippen LogP contribution in [0.25, 0.3) is 0 Å². The normalized spacial score (nSPS) is 10.7. The molecule has 0 radical (unpaired) electrons. The quantitative estimate of drug-likeness (QED) is 0.374. The van der Waals surface area contributed by atoms with E-state index >= 15 is 0 Å². The van der Waals surface area contributed by atoms with Crippen LogP contribution in [0.5, 0.6) is 23.0 Å². The van der Waals surface area contributed by atoms with Gasteiger partial charge in [-0.25, -0.2) is 0 Å². The number of ether oxygens (including phenoxy) is 1. The van der Waals surface area contributed by atoms with Crippen molar-refractivity contribution in [2.45, 2.75) is 51.9 Å². The Hall–Kier alpha value is -2.69. The lowest BCUT2D eigenvalue weighted by Gasteiger charge is -2.10. The highest BCUT2D eigenvalue weighted by molar-refractivity contribution is 6.12. The van der Waals surface area contributed by atoms with Crippen LogP contribution >= 0.6 is 0 Å². The van der Waals surface area contributed by atoms with Crippen LogP contribution < -0.4 is 4.74 Å². The summed E-state index contributed by atoms with van der Waals surface area (Å²) in [6, 6.07) is 8.23. The van der Waals surface area contributed by atoms with Gasteiger partial charge in [0.2, 0.25) is 0 Å². The summed E-state index contributed by atoms with van der Waals surface area (Å²) in [5, 5.41) is 29.3.